The molecule has 0 amide bonds. The number of aliphatic hydroxyl groups excluding tert-OH is 1. The van der Waals surface area contributed by atoms with Gasteiger partial charge in [0.1, 0.15) is 12.7 Å². The smallest absolute Gasteiger partial charge is 0.163 e. The number of ether oxygens (including phenoxy) is 2. The summed E-state index contributed by atoms with van der Waals surface area (Å²) in [6, 6.07) is 13.9. The van der Waals surface area contributed by atoms with Gasteiger partial charge in [-0.2, -0.15) is 0 Å². The van der Waals surface area contributed by atoms with Gasteiger partial charge >= 0.3 is 0 Å². The summed E-state index contributed by atoms with van der Waals surface area (Å²) in [7, 11) is 1.60. The van der Waals surface area contributed by atoms with E-state index < -0.39 is 6.10 Å². The molecule has 0 heterocycles. The number of hydrogen-bond donors (Lipinski definition) is 2. The van der Waals surface area contributed by atoms with Crippen molar-refractivity contribution in [2.45, 2.75) is 64.0 Å². The maximum atomic E-state index is 12.5. The Balaban J connectivity index is 0.00000363. The van der Waals surface area contributed by atoms with Crippen LogP contribution in [-0.2, 0) is 6.42 Å². The van der Waals surface area contributed by atoms with E-state index in [1.807, 2.05) is 49.4 Å². The molecule has 5 nitrogen and oxygen atoms in total. The standard InChI is InChI=1S/C26H35NO4.ClH/c1-19-8-12-21(13-9-19)24(29)14-10-20-11-15-25(30-2)26(16-20)31-18-23(28)17-27-22-6-4-3-5-7-22;/h8-9,11-13,15-16,22-23,27-28H,3-7,10,14,17-18H2,1-2H3;1H. The van der Waals surface area contributed by atoms with Gasteiger partial charge in [0, 0.05) is 24.6 Å². The number of rotatable bonds is 11. The van der Waals surface area contributed by atoms with Gasteiger partial charge < -0.3 is 19.9 Å². The van der Waals surface area contributed by atoms with E-state index in [2.05, 4.69) is 5.32 Å². The summed E-state index contributed by atoms with van der Waals surface area (Å²) in [5, 5.41) is 13.8. The van der Waals surface area contributed by atoms with Crippen molar-refractivity contribution in [1.82, 2.24) is 5.32 Å². The van der Waals surface area contributed by atoms with Gasteiger partial charge in [-0.3, -0.25) is 4.79 Å². The van der Waals surface area contributed by atoms with Gasteiger partial charge in [-0.15, -0.1) is 12.4 Å². The van der Waals surface area contributed by atoms with E-state index in [-0.39, 0.29) is 24.8 Å². The Bertz CT molecular complexity index is 834. The number of carbonyl (C=O) groups excluding carboxylic acids is 1. The van der Waals surface area contributed by atoms with Crippen molar-refractivity contribution in [3.05, 3.63) is 59.2 Å². The second-order valence-corrected chi connectivity index (χ2v) is 8.48. The Kier molecular flexibility index (Phi) is 11.0. The fourth-order valence-electron chi connectivity index (χ4n) is 3.99. The molecule has 176 valence electrons. The maximum absolute atomic E-state index is 12.5. The molecule has 0 bridgehead atoms. The minimum Gasteiger partial charge on any atom is -0.493 e. The number of carbonyl (C=O) groups is 1. The fourth-order valence-corrected chi connectivity index (χ4v) is 3.99. The summed E-state index contributed by atoms with van der Waals surface area (Å²) in [6.07, 6.45) is 6.69. The van der Waals surface area contributed by atoms with Gasteiger partial charge in [0.15, 0.2) is 17.3 Å². The van der Waals surface area contributed by atoms with Crippen LogP contribution >= 0.6 is 12.4 Å². The number of aryl methyl sites for hydroxylation is 2. The Morgan fingerprint density at radius 2 is 1.81 bits per heavy atom. The molecule has 3 rings (SSSR count). The van der Waals surface area contributed by atoms with E-state index in [1.165, 1.54) is 32.1 Å². The average Bonchev–Trinajstić information content (AvgIpc) is 2.81. The number of Topliss-reactive ketones (excluding diaryl/α,β-unsaturated/α-hetero) is 1. The highest BCUT2D eigenvalue weighted by atomic mass is 35.5. The van der Waals surface area contributed by atoms with Crippen molar-refractivity contribution in [3.8, 4) is 11.5 Å². The summed E-state index contributed by atoms with van der Waals surface area (Å²) in [5.74, 6) is 1.35. The zero-order valence-electron chi connectivity index (χ0n) is 19.1. The molecule has 1 aliphatic rings. The average molecular weight is 462 g/mol. The number of methoxy groups -OCH3 is 1. The predicted octanol–water partition coefficient (Wildman–Crippen LogP) is 4.90. The molecule has 2 aromatic rings. The lowest BCUT2D eigenvalue weighted by atomic mass is 9.95. The first kappa shape index (κ1) is 26.2. The first-order valence-electron chi connectivity index (χ1n) is 11.4. The van der Waals surface area contributed by atoms with Crippen LogP contribution in [0, 0.1) is 6.92 Å². The zero-order chi connectivity index (χ0) is 22.1. The van der Waals surface area contributed by atoms with Crippen LogP contribution < -0.4 is 14.8 Å². The van der Waals surface area contributed by atoms with E-state index in [0.717, 1.165) is 16.7 Å². The van der Waals surface area contributed by atoms with Crippen molar-refractivity contribution in [3.63, 3.8) is 0 Å². The van der Waals surface area contributed by atoms with E-state index >= 15 is 0 Å². The molecule has 2 N–H and O–H groups in total. The van der Waals surface area contributed by atoms with E-state index in [0.29, 0.717) is 36.9 Å². The second kappa shape index (κ2) is 13.5. The molecule has 1 unspecified atom stereocenters. The number of halogens is 1. The molecule has 1 aliphatic carbocycles. The third-order valence-electron chi connectivity index (χ3n) is 5.92. The van der Waals surface area contributed by atoms with E-state index in [4.69, 9.17) is 9.47 Å². The molecule has 0 aromatic heterocycles. The van der Waals surface area contributed by atoms with Gasteiger partial charge in [0.05, 0.1) is 7.11 Å². The van der Waals surface area contributed by atoms with Crippen LogP contribution in [0.2, 0.25) is 0 Å². The largest absolute Gasteiger partial charge is 0.493 e. The highest BCUT2D eigenvalue weighted by molar-refractivity contribution is 5.96. The molecule has 0 saturated heterocycles. The van der Waals surface area contributed by atoms with Gasteiger partial charge in [-0.05, 0) is 43.9 Å². The van der Waals surface area contributed by atoms with Crippen LogP contribution in [0.3, 0.4) is 0 Å². The monoisotopic (exact) mass is 461 g/mol. The number of ketones is 1. The van der Waals surface area contributed by atoms with Gasteiger partial charge in [0.25, 0.3) is 0 Å². The van der Waals surface area contributed by atoms with Crippen molar-refractivity contribution < 1.29 is 19.4 Å². The minimum absolute atomic E-state index is 0. The summed E-state index contributed by atoms with van der Waals surface area (Å²) < 4.78 is 11.3. The third-order valence-corrected chi connectivity index (χ3v) is 5.92. The number of aliphatic hydroxyl groups is 1. The first-order chi connectivity index (χ1) is 15.0. The molecule has 1 fully saturated rings. The van der Waals surface area contributed by atoms with Gasteiger partial charge in [-0.1, -0.05) is 55.2 Å². The number of benzene rings is 2. The molecule has 2 aromatic carbocycles. The Labute approximate surface area is 197 Å². The third kappa shape index (κ3) is 8.12. The van der Waals surface area contributed by atoms with Crippen molar-refractivity contribution in [1.29, 1.82) is 0 Å². The van der Waals surface area contributed by atoms with Crippen LogP contribution in [0.4, 0.5) is 0 Å². The van der Waals surface area contributed by atoms with Crippen LogP contribution in [-0.4, -0.2) is 43.3 Å². The summed E-state index contributed by atoms with van der Waals surface area (Å²) in [6.45, 7) is 2.73. The molecular weight excluding hydrogens is 426 g/mol. The van der Waals surface area contributed by atoms with Crippen molar-refractivity contribution in [2.24, 2.45) is 0 Å². The quantitative estimate of drug-likeness (QED) is 0.466. The molecule has 0 radical (unpaired) electrons. The Hall–Kier alpha value is -2.08. The van der Waals surface area contributed by atoms with Gasteiger partial charge in [0.2, 0.25) is 0 Å². The molecule has 0 spiro atoms. The van der Waals surface area contributed by atoms with Crippen molar-refractivity contribution in [2.75, 3.05) is 20.3 Å². The summed E-state index contributed by atoms with van der Waals surface area (Å²) in [4.78, 5) is 12.5. The fraction of sp³-hybridized carbons (Fsp3) is 0.500. The SMILES string of the molecule is COc1ccc(CCC(=O)c2ccc(C)cc2)cc1OCC(O)CNC1CCCCC1.Cl. The normalized spacial score (nSPS) is 15.0. The van der Waals surface area contributed by atoms with Crippen LogP contribution in [0.25, 0.3) is 0 Å². The lowest BCUT2D eigenvalue weighted by Crippen LogP contribution is -2.39. The van der Waals surface area contributed by atoms with Crippen LogP contribution in [0.5, 0.6) is 11.5 Å². The highest BCUT2D eigenvalue weighted by Crippen LogP contribution is 2.29. The molecule has 1 saturated carbocycles. The number of hydrogen-bond acceptors (Lipinski definition) is 5. The second-order valence-electron chi connectivity index (χ2n) is 8.48. The first-order valence-corrected chi connectivity index (χ1v) is 11.4. The molecule has 6 heteroatoms. The molecular formula is C26H36ClNO4. The summed E-state index contributed by atoms with van der Waals surface area (Å²) >= 11 is 0. The highest BCUT2D eigenvalue weighted by Gasteiger charge is 2.15. The molecule has 0 aliphatic heterocycles. The number of nitrogens with one attached hydrogen (secondary N) is 1. The van der Waals surface area contributed by atoms with E-state index in [1.54, 1.807) is 7.11 Å². The van der Waals surface area contributed by atoms with Crippen molar-refractivity contribution >= 4 is 18.2 Å². The van der Waals surface area contributed by atoms with E-state index in [9.17, 15) is 9.90 Å². The Morgan fingerprint density at radius 3 is 2.50 bits per heavy atom. The Morgan fingerprint density at radius 1 is 1.09 bits per heavy atom. The zero-order valence-corrected chi connectivity index (χ0v) is 20.0. The maximum Gasteiger partial charge on any atom is 0.163 e. The van der Waals surface area contributed by atoms with Gasteiger partial charge in [-0.25, -0.2) is 0 Å². The van der Waals surface area contributed by atoms with Crippen LogP contribution in [0.15, 0.2) is 42.5 Å². The molecule has 32 heavy (non-hydrogen) atoms. The topological polar surface area (TPSA) is 67.8 Å². The summed E-state index contributed by atoms with van der Waals surface area (Å²) in [5.41, 5.74) is 2.89. The predicted molar refractivity (Wildman–Crippen MR) is 130 cm³/mol. The molecule has 1 atom stereocenters. The lowest BCUT2D eigenvalue weighted by molar-refractivity contribution is 0.0982. The van der Waals surface area contributed by atoms with Crippen LogP contribution in [0.1, 0.15) is 60.0 Å². The minimum atomic E-state index is -0.585. The lowest BCUT2D eigenvalue weighted by Gasteiger charge is -2.24.